The Morgan fingerprint density at radius 3 is 3.20 bits per heavy atom. The van der Waals surface area contributed by atoms with Gasteiger partial charge in [0.25, 0.3) is 0 Å². The fourth-order valence-corrected chi connectivity index (χ4v) is 1.75. The molecule has 0 radical (unpaired) electrons. The molecule has 80 valence electrons. The molecule has 2 N–H and O–H groups in total. The number of nitrogens with one attached hydrogen (secondary N) is 2. The summed E-state index contributed by atoms with van der Waals surface area (Å²) in [5.74, 6) is 0.212. The molecule has 1 aliphatic heterocycles. The van der Waals surface area contributed by atoms with Crippen LogP contribution in [0.5, 0.6) is 0 Å². The van der Waals surface area contributed by atoms with Crippen LogP contribution in [0.15, 0.2) is 18.3 Å². The lowest BCUT2D eigenvalue weighted by Crippen LogP contribution is -2.24. The minimum Gasteiger partial charge on any atom is -0.326 e. The van der Waals surface area contributed by atoms with Crippen LogP contribution in [0, 0.1) is 12.8 Å². The minimum absolute atomic E-state index is 0.102. The van der Waals surface area contributed by atoms with E-state index in [0.717, 1.165) is 30.9 Å². The molecule has 1 atom stereocenters. The minimum atomic E-state index is 0.102. The van der Waals surface area contributed by atoms with Crippen molar-refractivity contribution in [3.8, 4) is 0 Å². The van der Waals surface area contributed by atoms with Crippen LogP contribution in [0.1, 0.15) is 12.1 Å². The first kappa shape index (κ1) is 10.1. The van der Waals surface area contributed by atoms with Crippen molar-refractivity contribution in [1.82, 2.24) is 10.3 Å². The van der Waals surface area contributed by atoms with Crippen molar-refractivity contribution < 1.29 is 4.79 Å². The van der Waals surface area contributed by atoms with E-state index in [9.17, 15) is 4.79 Å². The van der Waals surface area contributed by atoms with E-state index < -0.39 is 0 Å². The monoisotopic (exact) mass is 205 g/mol. The van der Waals surface area contributed by atoms with Crippen LogP contribution < -0.4 is 10.6 Å². The molecule has 1 aromatic heterocycles. The van der Waals surface area contributed by atoms with Crippen LogP contribution in [0.25, 0.3) is 0 Å². The van der Waals surface area contributed by atoms with Crippen molar-refractivity contribution in [2.75, 3.05) is 18.4 Å². The van der Waals surface area contributed by atoms with Crippen LogP contribution in [-0.4, -0.2) is 24.0 Å². The van der Waals surface area contributed by atoms with E-state index in [4.69, 9.17) is 0 Å². The molecule has 1 fully saturated rings. The van der Waals surface area contributed by atoms with Crippen LogP contribution in [0.4, 0.5) is 5.69 Å². The Hall–Kier alpha value is -1.42. The Bertz CT molecular complexity index is 359. The summed E-state index contributed by atoms with van der Waals surface area (Å²) in [5, 5.41) is 6.08. The predicted molar refractivity (Wildman–Crippen MR) is 58.6 cm³/mol. The Balaban J connectivity index is 1.99. The van der Waals surface area contributed by atoms with Crippen LogP contribution >= 0.6 is 0 Å². The first-order valence-corrected chi connectivity index (χ1v) is 5.20. The number of hydrogen-bond acceptors (Lipinski definition) is 3. The first-order valence-electron chi connectivity index (χ1n) is 5.20. The molecule has 4 heteroatoms. The number of amides is 1. The number of anilines is 1. The van der Waals surface area contributed by atoms with E-state index in [1.165, 1.54) is 0 Å². The molecule has 0 saturated carbocycles. The van der Waals surface area contributed by atoms with Crippen molar-refractivity contribution in [1.29, 1.82) is 0 Å². The molecule has 15 heavy (non-hydrogen) atoms. The average molecular weight is 205 g/mol. The van der Waals surface area contributed by atoms with Gasteiger partial charge in [-0.2, -0.15) is 0 Å². The summed E-state index contributed by atoms with van der Waals surface area (Å²) in [7, 11) is 0. The number of rotatable bonds is 2. The lowest BCUT2D eigenvalue weighted by atomic mass is 10.1. The number of pyridine rings is 1. The molecule has 4 nitrogen and oxygen atoms in total. The number of aromatic nitrogens is 1. The van der Waals surface area contributed by atoms with Crippen LogP contribution in [0.3, 0.4) is 0 Å². The van der Waals surface area contributed by atoms with E-state index in [0.29, 0.717) is 0 Å². The highest BCUT2D eigenvalue weighted by atomic mass is 16.1. The number of nitrogens with zero attached hydrogens (tertiary/aromatic N) is 1. The van der Waals surface area contributed by atoms with Gasteiger partial charge in [0.15, 0.2) is 0 Å². The molecule has 0 spiro atoms. The second kappa shape index (κ2) is 4.40. The lowest BCUT2D eigenvalue weighted by molar-refractivity contribution is -0.119. The maximum absolute atomic E-state index is 11.8. The SMILES string of the molecule is Cc1cc(NC(=O)C2CCNC2)ccn1. The smallest absolute Gasteiger partial charge is 0.228 e. The third kappa shape index (κ3) is 2.53. The summed E-state index contributed by atoms with van der Waals surface area (Å²) < 4.78 is 0. The fraction of sp³-hybridized carbons (Fsp3) is 0.455. The standard InChI is InChI=1S/C11H15N3O/c1-8-6-10(3-5-13-8)14-11(15)9-2-4-12-7-9/h3,5-6,9,12H,2,4,7H2,1H3,(H,13,14,15). The van der Waals surface area contributed by atoms with Gasteiger partial charge in [-0.3, -0.25) is 9.78 Å². The zero-order valence-corrected chi connectivity index (χ0v) is 8.79. The van der Waals surface area contributed by atoms with Gasteiger partial charge in [0.2, 0.25) is 5.91 Å². The van der Waals surface area contributed by atoms with Crippen molar-refractivity contribution >= 4 is 11.6 Å². The molecule has 1 saturated heterocycles. The largest absolute Gasteiger partial charge is 0.326 e. The molecule has 1 aromatic rings. The maximum Gasteiger partial charge on any atom is 0.228 e. The highest BCUT2D eigenvalue weighted by Crippen LogP contribution is 2.13. The zero-order chi connectivity index (χ0) is 10.7. The summed E-state index contributed by atoms with van der Waals surface area (Å²) >= 11 is 0. The van der Waals surface area contributed by atoms with E-state index in [-0.39, 0.29) is 11.8 Å². The molecule has 1 amide bonds. The van der Waals surface area contributed by atoms with E-state index in [1.54, 1.807) is 6.20 Å². The topological polar surface area (TPSA) is 54.0 Å². The summed E-state index contributed by atoms with van der Waals surface area (Å²) in [6.45, 7) is 3.64. The molecule has 0 aliphatic carbocycles. The molecule has 0 bridgehead atoms. The van der Waals surface area contributed by atoms with Crippen molar-refractivity contribution in [3.63, 3.8) is 0 Å². The summed E-state index contributed by atoms with van der Waals surface area (Å²) in [4.78, 5) is 15.8. The third-order valence-corrected chi connectivity index (χ3v) is 2.60. The summed E-state index contributed by atoms with van der Waals surface area (Å²) in [6.07, 6.45) is 2.63. The lowest BCUT2D eigenvalue weighted by Gasteiger charge is -2.09. The molecule has 0 aromatic carbocycles. The van der Waals surface area contributed by atoms with Crippen LogP contribution in [-0.2, 0) is 4.79 Å². The van der Waals surface area contributed by atoms with Gasteiger partial charge in [0.05, 0.1) is 5.92 Å². The van der Waals surface area contributed by atoms with Gasteiger partial charge in [-0.25, -0.2) is 0 Å². The van der Waals surface area contributed by atoms with Gasteiger partial charge in [-0.1, -0.05) is 0 Å². The van der Waals surface area contributed by atoms with Gasteiger partial charge in [0.1, 0.15) is 0 Å². The average Bonchev–Trinajstić information content (AvgIpc) is 2.70. The fourth-order valence-electron chi connectivity index (χ4n) is 1.75. The Kier molecular flexibility index (Phi) is 2.97. The zero-order valence-electron chi connectivity index (χ0n) is 8.79. The summed E-state index contributed by atoms with van der Waals surface area (Å²) in [6, 6.07) is 3.69. The number of aryl methyl sites for hydroxylation is 1. The molecular weight excluding hydrogens is 190 g/mol. The molecule has 1 unspecified atom stereocenters. The van der Waals surface area contributed by atoms with Crippen molar-refractivity contribution in [2.45, 2.75) is 13.3 Å². The summed E-state index contributed by atoms with van der Waals surface area (Å²) in [5.41, 5.74) is 1.75. The van der Waals surface area contributed by atoms with Gasteiger partial charge in [-0.05, 0) is 32.0 Å². The highest BCUT2D eigenvalue weighted by molar-refractivity contribution is 5.92. The maximum atomic E-state index is 11.8. The molecule has 2 rings (SSSR count). The Labute approximate surface area is 89.1 Å². The number of carbonyl (C=O) groups is 1. The quantitative estimate of drug-likeness (QED) is 0.755. The number of carbonyl (C=O) groups excluding carboxylic acids is 1. The molecular formula is C11H15N3O. The van der Waals surface area contributed by atoms with Gasteiger partial charge >= 0.3 is 0 Å². The Morgan fingerprint density at radius 1 is 1.67 bits per heavy atom. The van der Waals surface area contributed by atoms with Crippen LogP contribution in [0.2, 0.25) is 0 Å². The van der Waals surface area contributed by atoms with Gasteiger partial charge in [0, 0.05) is 24.1 Å². The molecule has 1 aliphatic rings. The Morgan fingerprint density at radius 2 is 2.53 bits per heavy atom. The number of hydrogen-bond donors (Lipinski definition) is 2. The second-order valence-corrected chi connectivity index (χ2v) is 3.86. The van der Waals surface area contributed by atoms with E-state index in [2.05, 4.69) is 15.6 Å². The first-order chi connectivity index (χ1) is 7.25. The second-order valence-electron chi connectivity index (χ2n) is 3.86. The van der Waals surface area contributed by atoms with Crippen molar-refractivity contribution in [3.05, 3.63) is 24.0 Å². The highest BCUT2D eigenvalue weighted by Gasteiger charge is 2.22. The van der Waals surface area contributed by atoms with Gasteiger partial charge < -0.3 is 10.6 Å². The third-order valence-electron chi connectivity index (χ3n) is 2.60. The van der Waals surface area contributed by atoms with E-state index >= 15 is 0 Å². The van der Waals surface area contributed by atoms with Crippen molar-refractivity contribution in [2.24, 2.45) is 5.92 Å². The van der Waals surface area contributed by atoms with E-state index in [1.807, 2.05) is 19.1 Å². The molecule has 2 heterocycles. The normalized spacial score (nSPS) is 20.2. The van der Waals surface area contributed by atoms with Gasteiger partial charge in [-0.15, -0.1) is 0 Å². The predicted octanol–water partition coefficient (Wildman–Crippen LogP) is 0.938.